The van der Waals surface area contributed by atoms with Crippen molar-refractivity contribution in [2.75, 3.05) is 35.3 Å². The Bertz CT molecular complexity index is 1230. The maximum Gasteiger partial charge on any atom is 0.414 e. The van der Waals surface area contributed by atoms with Crippen molar-refractivity contribution in [2.24, 2.45) is 0 Å². The van der Waals surface area contributed by atoms with Gasteiger partial charge in [0.2, 0.25) is 11.9 Å². The quantitative estimate of drug-likeness (QED) is 0.537. The van der Waals surface area contributed by atoms with Crippen LogP contribution in [0.5, 0.6) is 0 Å². The van der Waals surface area contributed by atoms with Crippen molar-refractivity contribution in [1.82, 2.24) is 24.6 Å². The Morgan fingerprint density at radius 1 is 1.08 bits per heavy atom. The van der Waals surface area contributed by atoms with Crippen LogP contribution < -0.4 is 15.1 Å². The highest BCUT2D eigenvalue weighted by Crippen LogP contribution is 2.24. The smallest absolute Gasteiger partial charge is 0.414 e. The molecule has 4 rings (SSSR count). The second kappa shape index (κ2) is 10.9. The van der Waals surface area contributed by atoms with Gasteiger partial charge in [0.05, 0.1) is 11.8 Å². The maximum absolute atomic E-state index is 12.1. The Kier molecular flexibility index (Phi) is 7.61. The Morgan fingerprint density at radius 3 is 2.38 bits per heavy atom. The number of carbonyl (C=O) groups excluding carboxylic acids is 2. The summed E-state index contributed by atoms with van der Waals surface area (Å²) in [5, 5.41) is 7.74. The second-order valence-electron chi connectivity index (χ2n) is 9.58. The fourth-order valence-electron chi connectivity index (χ4n) is 4.58. The van der Waals surface area contributed by atoms with Crippen LogP contribution in [0.1, 0.15) is 34.6 Å². The minimum Gasteiger partial charge on any atom is -0.446 e. The topological polar surface area (TPSA) is 109 Å². The molecule has 1 fully saturated rings. The number of piperazine rings is 1. The third kappa shape index (κ3) is 5.99. The van der Waals surface area contributed by atoms with Crippen LogP contribution in [0.3, 0.4) is 0 Å². The predicted molar refractivity (Wildman–Crippen MR) is 143 cm³/mol. The molecule has 1 aliphatic heterocycles. The molecule has 37 heavy (non-hydrogen) atoms. The van der Waals surface area contributed by atoms with E-state index in [4.69, 9.17) is 4.74 Å². The van der Waals surface area contributed by atoms with Crippen LogP contribution in [-0.2, 0) is 9.53 Å². The third-order valence-corrected chi connectivity index (χ3v) is 6.21. The average Bonchev–Trinajstić information content (AvgIpc) is 3.31. The van der Waals surface area contributed by atoms with E-state index in [0.717, 1.165) is 17.2 Å². The first-order valence-corrected chi connectivity index (χ1v) is 12.4. The minimum atomic E-state index is -0.405. The number of nitrogens with one attached hydrogen (secondary N) is 1. The number of pyridine rings is 1. The van der Waals surface area contributed by atoms with Gasteiger partial charge >= 0.3 is 6.09 Å². The molecule has 0 bridgehead atoms. The number of amides is 2. The van der Waals surface area contributed by atoms with E-state index < -0.39 is 6.09 Å². The van der Waals surface area contributed by atoms with Gasteiger partial charge in [-0.1, -0.05) is 0 Å². The number of anilines is 4. The van der Waals surface area contributed by atoms with Gasteiger partial charge in [-0.15, -0.1) is 5.10 Å². The standard InChI is InChI=1S/C26H34N8O3/c1-17(2)37-26(36)31(6)22-9-7-21(8-10-22)29-25-28-16-33(30-25)23-11-12-27-24(13-23)32-14-18(3)34(20(5)35)19(4)15-32/h7-13,16-19H,14-15H2,1-6H3,(H,29,30)/t18-,19+. The first kappa shape index (κ1) is 25.9. The highest BCUT2D eigenvalue weighted by atomic mass is 16.6. The molecule has 2 amide bonds. The van der Waals surface area contributed by atoms with Gasteiger partial charge in [0.25, 0.3) is 0 Å². The summed E-state index contributed by atoms with van der Waals surface area (Å²) in [6, 6.07) is 11.4. The Hall–Kier alpha value is -4.15. The lowest BCUT2D eigenvalue weighted by Gasteiger charge is -2.44. The van der Waals surface area contributed by atoms with Crippen LogP contribution in [0.25, 0.3) is 5.69 Å². The molecule has 2 atom stereocenters. The highest BCUT2D eigenvalue weighted by molar-refractivity contribution is 5.87. The van der Waals surface area contributed by atoms with Crippen molar-refractivity contribution in [3.63, 3.8) is 0 Å². The molecule has 1 aliphatic rings. The summed E-state index contributed by atoms with van der Waals surface area (Å²) in [5.41, 5.74) is 2.33. The normalized spacial score (nSPS) is 17.6. The highest BCUT2D eigenvalue weighted by Gasteiger charge is 2.31. The first-order valence-electron chi connectivity index (χ1n) is 12.4. The van der Waals surface area contributed by atoms with Gasteiger partial charge in [-0.05, 0) is 58.0 Å². The van der Waals surface area contributed by atoms with Crippen molar-refractivity contribution in [1.29, 1.82) is 0 Å². The fourth-order valence-corrected chi connectivity index (χ4v) is 4.58. The molecule has 1 saturated heterocycles. The molecule has 11 nitrogen and oxygen atoms in total. The second-order valence-corrected chi connectivity index (χ2v) is 9.58. The lowest BCUT2D eigenvalue weighted by Crippen LogP contribution is -2.58. The largest absolute Gasteiger partial charge is 0.446 e. The van der Waals surface area contributed by atoms with E-state index in [1.165, 1.54) is 4.90 Å². The van der Waals surface area contributed by atoms with Crippen molar-refractivity contribution >= 4 is 35.1 Å². The zero-order valence-electron chi connectivity index (χ0n) is 22.1. The molecule has 0 saturated carbocycles. The number of hydrogen-bond donors (Lipinski definition) is 1. The summed E-state index contributed by atoms with van der Waals surface area (Å²) in [7, 11) is 1.67. The van der Waals surface area contributed by atoms with Crippen LogP contribution in [0, 0.1) is 0 Å². The van der Waals surface area contributed by atoms with E-state index in [9.17, 15) is 9.59 Å². The number of aromatic nitrogens is 4. The predicted octanol–water partition coefficient (Wildman–Crippen LogP) is 3.83. The molecule has 0 spiro atoms. The summed E-state index contributed by atoms with van der Waals surface area (Å²) in [4.78, 5) is 38.6. The van der Waals surface area contributed by atoms with Gasteiger partial charge in [-0.3, -0.25) is 9.69 Å². The van der Waals surface area contributed by atoms with Gasteiger partial charge < -0.3 is 19.9 Å². The first-order chi connectivity index (χ1) is 17.6. The number of benzene rings is 1. The zero-order chi connectivity index (χ0) is 26.7. The molecule has 0 unspecified atom stereocenters. The number of hydrogen-bond acceptors (Lipinski definition) is 8. The molecular formula is C26H34N8O3. The van der Waals surface area contributed by atoms with E-state index in [2.05, 4.69) is 39.1 Å². The monoisotopic (exact) mass is 506 g/mol. The fraction of sp³-hybridized carbons (Fsp3) is 0.423. The van der Waals surface area contributed by atoms with Crippen LogP contribution >= 0.6 is 0 Å². The van der Waals surface area contributed by atoms with Crippen LogP contribution in [0.2, 0.25) is 0 Å². The van der Waals surface area contributed by atoms with E-state index in [-0.39, 0.29) is 24.1 Å². The molecular weight excluding hydrogens is 472 g/mol. The van der Waals surface area contributed by atoms with Crippen molar-refractivity contribution in [2.45, 2.75) is 52.8 Å². The van der Waals surface area contributed by atoms with Gasteiger partial charge in [-0.25, -0.2) is 14.5 Å². The van der Waals surface area contributed by atoms with Crippen molar-refractivity contribution in [3.8, 4) is 5.69 Å². The Balaban J connectivity index is 1.43. The van der Waals surface area contributed by atoms with Crippen LogP contribution in [0.4, 0.5) is 27.9 Å². The van der Waals surface area contributed by atoms with Gasteiger partial charge in [0, 0.05) is 62.8 Å². The van der Waals surface area contributed by atoms with Gasteiger partial charge in [-0.2, -0.15) is 4.98 Å². The lowest BCUT2D eigenvalue weighted by molar-refractivity contribution is -0.133. The van der Waals surface area contributed by atoms with Crippen molar-refractivity contribution < 1.29 is 14.3 Å². The summed E-state index contributed by atoms with van der Waals surface area (Å²) >= 11 is 0. The summed E-state index contributed by atoms with van der Waals surface area (Å²) < 4.78 is 6.92. The van der Waals surface area contributed by atoms with Crippen LogP contribution in [0.15, 0.2) is 48.9 Å². The molecule has 3 aromatic rings. The molecule has 0 aliphatic carbocycles. The number of nitrogens with zero attached hydrogens (tertiary/aromatic N) is 7. The molecule has 1 N–H and O–H groups in total. The van der Waals surface area contributed by atoms with E-state index in [1.807, 2.05) is 55.1 Å². The molecule has 0 radical (unpaired) electrons. The lowest BCUT2D eigenvalue weighted by atomic mass is 10.1. The number of ether oxygens (including phenoxy) is 1. The van der Waals surface area contributed by atoms with Crippen LogP contribution in [-0.4, -0.2) is 75.0 Å². The number of carbonyl (C=O) groups is 2. The van der Waals surface area contributed by atoms with E-state index >= 15 is 0 Å². The summed E-state index contributed by atoms with van der Waals surface area (Å²) in [6.07, 6.45) is 2.81. The van der Waals surface area contributed by atoms with E-state index in [0.29, 0.717) is 24.7 Å². The summed E-state index contributed by atoms with van der Waals surface area (Å²) in [6.45, 7) is 10.8. The van der Waals surface area contributed by atoms with Gasteiger partial charge in [0.1, 0.15) is 12.1 Å². The minimum absolute atomic E-state index is 0.0966. The third-order valence-electron chi connectivity index (χ3n) is 6.21. The Morgan fingerprint density at radius 2 is 1.76 bits per heavy atom. The average molecular weight is 507 g/mol. The molecule has 3 heterocycles. The molecule has 1 aromatic carbocycles. The molecule has 11 heteroatoms. The zero-order valence-corrected chi connectivity index (χ0v) is 22.1. The maximum atomic E-state index is 12.1. The molecule has 2 aromatic heterocycles. The van der Waals surface area contributed by atoms with E-state index in [1.54, 1.807) is 31.2 Å². The molecule has 196 valence electrons. The Labute approximate surface area is 217 Å². The summed E-state index contributed by atoms with van der Waals surface area (Å²) in [5.74, 6) is 1.37. The number of rotatable bonds is 6. The SMILES string of the molecule is CC(=O)N1[C@H](C)CN(c2cc(-n3cnc(Nc4ccc(N(C)C(=O)OC(C)C)cc4)n3)ccn2)C[C@@H]1C. The van der Waals surface area contributed by atoms with Crippen molar-refractivity contribution in [3.05, 3.63) is 48.9 Å². The van der Waals surface area contributed by atoms with Gasteiger partial charge in [0.15, 0.2) is 0 Å².